The number of aromatic nitrogens is 1. The standard InChI is InChI=1S/C11H11FN2O2/c12-8-2-1-3-9-10(8)11(14-16-9)15-7-4-5-13-6-7/h1-3,7,13H,4-6H2. The highest BCUT2D eigenvalue weighted by atomic mass is 19.1. The smallest absolute Gasteiger partial charge is 0.265 e. The van der Waals surface area contributed by atoms with Crippen LogP contribution in [0.1, 0.15) is 6.42 Å². The van der Waals surface area contributed by atoms with Crippen molar-refractivity contribution in [3.63, 3.8) is 0 Å². The van der Waals surface area contributed by atoms with Gasteiger partial charge in [0.15, 0.2) is 5.58 Å². The molecule has 0 amide bonds. The lowest BCUT2D eigenvalue weighted by Crippen LogP contribution is -2.19. The van der Waals surface area contributed by atoms with Gasteiger partial charge in [-0.25, -0.2) is 4.39 Å². The Morgan fingerprint density at radius 2 is 2.44 bits per heavy atom. The van der Waals surface area contributed by atoms with Crippen molar-refractivity contribution >= 4 is 11.0 Å². The van der Waals surface area contributed by atoms with Crippen molar-refractivity contribution in [1.29, 1.82) is 0 Å². The van der Waals surface area contributed by atoms with Crippen molar-refractivity contribution in [2.24, 2.45) is 0 Å². The number of benzene rings is 1. The summed E-state index contributed by atoms with van der Waals surface area (Å²) in [4.78, 5) is 0. The Hall–Kier alpha value is -1.62. The molecule has 4 nitrogen and oxygen atoms in total. The van der Waals surface area contributed by atoms with E-state index in [9.17, 15) is 4.39 Å². The maximum atomic E-state index is 13.6. The molecule has 3 rings (SSSR count). The van der Waals surface area contributed by atoms with Crippen LogP contribution in [-0.2, 0) is 0 Å². The second-order valence-corrected chi connectivity index (χ2v) is 3.83. The third kappa shape index (κ3) is 1.53. The summed E-state index contributed by atoms with van der Waals surface area (Å²) < 4.78 is 24.2. The quantitative estimate of drug-likeness (QED) is 0.840. The second-order valence-electron chi connectivity index (χ2n) is 3.83. The second kappa shape index (κ2) is 3.75. The van der Waals surface area contributed by atoms with E-state index in [0.29, 0.717) is 11.0 Å². The van der Waals surface area contributed by atoms with Gasteiger partial charge in [0.25, 0.3) is 5.88 Å². The molecule has 1 aromatic carbocycles. The highest BCUT2D eigenvalue weighted by Crippen LogP contribution is 2.28. The minimum Gasteiger partial charge on any atom is -0.470 e. The number of ether oxygens (including phenoxy) is 1. The lowest BCUT2D eigenvalue weighted by molar-refractivity contribution is 0.204. The van der Waals surface area contributed by atoms with Gasteiger partial charge in [-0.1, -0.05) is 6.07 Å². The van der Waals surface area contributed by atoms with E-state index in [1.165, 1.54) is 6.07 Å². The summed E-state index contributed by atoms with van der Waals surface area (Å²) in [6.45, 7) is 1.69. The number of halogens is 1. The molecule has 1 unspecified atom stereocenters. The fourth-order valence-corrected chi connectivity index (χ4v) is 1.89. The Labute approximate surface area is 91.4 Å². The van der Waals surface area contributed by atoms with E-state index < -0.39 is 0 Å². The zero-order valence-electron chi connectivity index (χ0n) is 8.57. The first kappa shape index (κ1) is 9.59. The molecule has 16 heavy (non-hydrogen) atoms. The third-order valence-electron chi connectivity index (χ3n) is 2.71. The van der Waals surface area contributed by atoms with Gasteiger partial charge in [-0.3, -0.25) is 0 Å². The van der Waals surface area contributed by atoms with Gasteiger partial charge in [0.05, 0.1) is 0 Å². The van der Waals surface area contributed by atoms with Crippen LogP contribution in [0, 0.1) is 5.82 Å². The van der Waals surface area contributed by atoms with Gasteiger partial charge in [0.1, 0.15) is 17.3 Å². The zero-order chi connectivity index (χ0) is 11.0. The van der Waals surface area contributed by atoms with Crippen LogP contribution in [0.15, 0.2) is 22.7 Å². The van der Waals surface area contributed by atoms with Crippen LogP contribution in [-0.4, -0.2) is 24.4 Å². The summed E-state index contributed by atoms with van der Waals surface area (Å²) >= 11 is 0. The molecule has 2 aromatic rings. The average Bonchev–Trinajstić information content (AvgIpc) is 2.90. The first-order chi connectivity index (χ1) is 7.84. The number of rotatable bonds is 2. The van der Waals surface area contributed by atoms with E-state index in [2.05, 4.69) is 10.5 Å². The normalized spacial score (nSPS) is 20.4. The Balaban J connectivity index is 1.97. The number of hydrogen-bond donors (Lipinski definition) is 1. The lowest BCUT2D eigenvalue weighted by atomic mass is 10.2. The van der Waals surface area contributed by atoms with Crippen LogP contribution in [0.5, 0.6) is 5.88 Å². The van der Waals surface area contributed by atoms with E-state index >= 15 is 0 Å². The number of hydrogen-bond acceptors (Lipinski definition) is 4. The van der Waals surface area contributed by atoms with Crippen LogP contribution >= 0.6 is 0 Å². The largest absolute Gasteiger partial charge is 0.470 e. The third-order valence-corrected chi connectivity index (χ3v) is 2.71. The first-order valence-electron chi connectivity index (χ1n) is 5.26. The van der Waals surface area contributed by atoms with Gasteiger partial charge >= 0.3 is 0 Å². The van der Waals surface area contributed by atoms with Crippen LogP contribution in [0.4, 0.5) is 4.39 Å². The van der Waals surface area contributed by atoms with Gasteiger partial charge in [0.2, 0.25) is 0 Å². The predicted molar refractivity (Wildman–Crippen MR) is 55.9 cm³/mol. The summed E-state index contributed by atoms with van der Waals surface area (Å²) in [6, 6.07) is 4.63. The number of fused-ring (bicyclic) bond motifs is 1. The van der Waals surface area contributed by atoms with E-state index in [0.717, 1.165) is 19.5 Å². The van der Waals surface area contributed by atoms with Crippen LogP contribution < -0.4 is 10.1 Å². The molecule has 1 aliphatic heterocycles. The monoisotopic (exact) mass is 222 g/mol. The maximum Gasteiger partial charge on any atom is 0.265 e. The molecular formula is C11H11FN2O2. The van der Waals surface area contributed by atoms with Crippen molar-refractivity contribution in [1.82, 2.24) is 10.5 Å². The molecule has 0 saturated carbocycles. The maximum absolute atomic E-state index is 13.6. The highest BCUT2D eigenvalue weighted by molar-refractivity contribution is 5.82. The van der Waals surface area contributed by atoms with Crippen LogP contribution in [0.3, 0.4) is 0 Å². The highest BCUT2D eigenvalue weighted by Gasteiger charge is 2.21. The van der Waals surface area contributed by atoms with Gasteiger partial charge in [-0.15, -0.1) is 0 Å². The lowest BCUT2D eigenvalue weighted by Gasteiger charge is -2.08. The van der Waals surface area contributed by atoms with Gasteiger partial charge < -0.3 is 14.6 Å². The fourth-order valence-electron chi connectivity index (χ4n) is 1.89. The van der Waals surface area contributed by atoms with Gasteiger partial charge in [0, 0.05) is 6.54 Å². The van der Waals surface area contributed by atoms with E-state index in [1.807, 2.05) is 0 Å². The minimum atomic E-state index is -0.361. The molecule has 1 aromatic heterocycles. The predicted octanol–water partition coefficient (Wildman–Crippen LogP) is 1.71. The molecule has 0 bridgehead atoms. The summed E-state index contributed by atoms with van der Waals surface area (Å²) in [6.07, 6.45) is 0.955. The molecular weight excluding hydrogens is 211 g/mol. The Bertz CT molecular complexity index is 506. The summed E-state index contributed by atoms with van der Waals surface area (Å²) in [5.41, 5.74) is 0.418. The molecule has 84 valence electrons. The molecule has 1 N–H and O–H groups in total. The summed E-state index contributed by atoms with van der Waals surface area (Å²) in [5.74, 6) is -0.110. The summed E-state index contributed by atoms with van der Waals surface area (Å²) in [5, 5.41) is 7.25. The Morgan fingerprint density at radius 1 is 1.50 bits per heavy atom. The first-order valence-corrected chi connectivity index (χ1v) is 5.26. The molecule has 0 spiro atoms. The van der Waals surface area contributed by atoms with Crippen molar-refractivity contribution in [2.45, 2.75) is 12.5 Å². The van der Waals surface area contributed by atoms with Crippen molar-refractivity contribution in [3.8, 4) is 5.88 Å². The van der Waals surface area contributed by atoms with Crippen molar-refractivity contribution in [2.75, 3.05) is 13.1 Å². The average molecular weight is 222 g/mol. The van der Waals surface area contributed by atoms with E-state index in [-0.39, 0.29) is 17.8 Å². The summed E-state index contributed by atoms with van der Waals surface area (Å²) in [7, 11) is 0. The molecule has 1 saturated heterocycles. The molecule has 0 aliphatic carbocycles. The van der Waals surface area contributed by atoms with E-state index in [4.69, 9.17) is 9.26 Å². The van der Waals surface area contributed by atoms with E-state index in [1.54, 1.807) is 12.1 Å². The van der Waals surface area contributed by atoms with Crippen LogP contribution in [0.2, 0.25) is 0 Å². The van der Waals surface area contributed by atoms with Crippen LogP contribution in [0.25, 0.3) is 11.0 Å². The SMILES string of the molecule is Fc1cccc2onc(OC3CCNC3)c12. The molecule has 1 fully saturated rings. The van der Waals surface area contributed by atoms with Gasteiger partial charge in [-0.05, 0) is 30.3 Å². The van der Waals surface area contributed by atoms with Crippen molar-refractivity contribution in [3.05, 3.63) is 24.0 Å². The zero-order valence-corrected chi connectivity index (χ0v) is 8.57. The molecule has 1 atom stereocenters. The topological polar surface area (TPSA) is 47.3 Å². The minimum absolute atomic E-state index is 0.0490. The Morgan fingerprint density at radius 3 is 3.25 bits per heavy atom. The van der Waals surface area contributed by atoms with Crippen molar-refractivity contribution < 1.29 is 13.7 Å². The molecule has 1 aliphatic rings. The fraction of sp³-hybridized carbons (Fsp3) is 0.364. The molecule has 5 heteroatoms. The Kier molecular flexibility index (Phi) is 2.25. The number of nitrogens with one attached hydrogen (secondary N) is 1. The molecule has 0 radical (unpaired) electrons. The number of nitrogens with zero attached hydrogens (tertiary/aromatic N) is 1. The van der Waals surface area contributed by atoms with Gasteiger partial charge in [-0.2, -0.15) is 0 Å². The molecule has 2 heterocycles.